The van der Waals surface area contributed by atoms with Gasteiger partial charge in [-0.15, -0.1) is 0 Å². The van der Waals surface area contributed by atoms with E-state index in [0.29, 0.717) is 0 Å². The van der Waals surface area contributed by atoms with Crippen molar-refractivity contribution in [3.63, 3.8) is 0 Å². The molecule has 0 spiro atoms. The molecule has 0 saturated carbocycles. The summed E-state index contributed by atoms with van der Waals surface area (Å²) in [5.74, 6) is 0. The topological polar surface area (TPSA) is 50.1 Å². The summed E-state index contributed by atoms with van der Waals surface area (Å²) >= 11 is 0. The zero-order valence-corrected chi connectivity index (χ0v) is 12.1. The van der Waals surface area contributed by atoms with Crippen LogP contribution in [-0.2, 0) is 13.0 Å². The first-order chi connectivity index (χ1) is 9.78. The standard InChI is InChI=1S/C16H23N3O/c1-2-19-15-7-4-3-6-13(15)14(18-19)10-16(12-20)8-5-9-17-11-16/h3-4,6-7,17,20H,2,5,8-12H2,1H3. The van der Waals surface area contributed by atoms with Gasteiger partial charge in [0.15, 0.2) is 0 Å². The third kappa shape index (κ3) is 2.34. The molecule has 1 aromatic heterocycles. The Labute approximate surface area is 119 Å². The first kappa shape index (κ1) is 13.6. The number of nitrogens with one attached hydrogen (secondary N) is 1. The fourth-order valence-corrected chi connectivity index (χ4v) is 3.30. The van der Waals surface area contributed by atoms with Crippen LogP contribution in [0.15, 0.2) is 24.3 Å². The number of fused-ring (bicyclic) bond motifs is 1. The molecule has 4 nitrogen and oxygen atoms in total. The average molecular weight is 273 g/mol. The molecular weight excluding hydrogens is 250 g/mol. The third-order valence-corrected chi connectivity index (χ3v) is 4.47. The lowest BCUT2D eigenvalue weighted by atomic mass is 9.77. The summed E-state index contributed by atoms with van der Waals surface area (Å²) < 4.78 is 2.06. The van der Waals surface area contributed by atoms with Crippen LogP contribution < -0.4 is 5.32 Å². The Morgan fingerprint density at radius 2 is 2.25 bits per heavy atom. The number of nitrogens with zero attached hydrogens (tertiary/aromatic N) is 2. The molecule has 1 aromatic carbocycles. The van der Waals surface area contributed by atoms with Crippen LogP contribution in [0.2, 0.25) is 0 Å². The minimum absolute atomic E-state index is 0.0477. The Hall–Kier alpha value is -1.39. The van der Waals surface area contributed by atoms with E-state index in [1.807, 2.05) is 0 Å². The van der Waals surface area contributed by atoms with E-state index in [-0.39, 0.29) is 12.0 Å². The molecule has 1 aliphatic heterocycles. The van der Waals surface area contributed by atoms with Crippen LogP contribution in [0.5, 0.6) is 0 Å². The van der Waals surface area contributed by atoms with Gasteiger partial charge in [0.2, 0.25) is 0 Å². The molecule has 0 aliphatic carbocycles. The van der Waals surface area contributed by atoms with Gasteiger partial charge in [-0.1, -0.05) is 18.2 Å². The largest absolute Gasteiger partial charge is 0.396 e. The zero-order valence-electron chi connectivity index (χ0n) is 12.1. The van der Waals surface area contributed by atoms with E-state index in [4.69, 9.17) is 5.10 Å². The van der Waals surface area contributed by atoms with Gasteiger partial charge >= 0.3 is 0 Å². The second kappa shape index (κ2) is 5.54. The van der Waals surface area contributed by atoms with Crippen molar-refractivity contribution in [2.75, 3.05) is 19.7 Å². The normalized spacial score (nSPS) is 23.3. The lowest BCUT2D eigenvalue weighted by Gasteiger charge is -2.35. The molecule has 2 heterocycles. The van der Waals surface area contributed by atoms with E-state index in [0.717, 1.165) is 44.6 Å². The molecule has 1 fully saturated rings. The SMILES string of the molecule is CCn1nc(CC2(CO)CCCNC2)c2ccccc21. The minimum atomic E-state index is -0.0477. The summed E-state index contributed by atoms with van der Waals surface area (Å²) in [5.41, 5.74) is 2.27. The van der Waals surface area contributed by atoms with Crippen molar-refractivity contribution in [1.29, 1.82) is 0 Å². The Morgan fingerprint density at radius 3 is 2.95 bits per heavy atom. The van der Waals surface area contributed by atoms with Gasteiger partial charge in [0, 0.05) is 30.3 Å². The van der Waals surface area contributed by atoms with Gasteiger partial charge in [0.1, 0.15) is 0 Å². The van der Waals surface area contributed by atoms with E-state index in [2.05, 4.69) is 41.2 Å². The van der Waals surface area contributed by atoms with Crippen molar-refractivity contribution in [2.45, 2.75) is 32.7 Å². The average Bonchev–Trinajstić information content (AvgIpc) is 2.86. The number of rotatable bonds is 4. The smallest absolute Gasteiger partial charge is 0.0710 e. The summed E-state index contributed by atoms with van der Waals surface area (Å²) in [5, 5.41) is 19.3. The van der Waals surface area contributed by atoms with Crippen molar-refractivity contribution in [3.8, 4) is 0 Å². The number of aromatic nitrogens is 2. The lowest BCUT2D eigenvalue weighted by molar-refractivity contribution is 0.0939. The quantitative estimate of drug-likeness (QED) is 0.895. The maximum Gasteiger partial charge on any atom is 0.0710 e. The molecule has 20 heavy (non-hydrogen) atoms. The molecule has 0 bridgehead atoms. The Morgan fingerprint density at radius 1 is 1.40 bits per heavy atom. The van der Waals surface area contributed by atoms with Crippen molar-refractivity contribution in [1.82, 2.24) is 15.1 Å². The molecule has 2 aromatic rings. The molecule has 4 heteroatoms. The van der Waals surface area contributed by atoms with Crippen LogP contribution in [0, 0.1) is 5.41 Å². The highest BCUT2D eigenvalue weighted by atomic mass is 16.3. The molecule has 2 N–H and O–H groups in total. The summed E-state index contributed by atoms with van der Waals surface area (Å²) in [6.45, 7) is 5.17. The van der Waals surface area contributed by atoms with E-state index >= 15 is 0 Å². The molecule has 0 radical (unpaired) electrons. The maximum atomic E-state index is 9.86. The molecule has 1 unspecified atom stereocenters. The van der Waals surface area contributed by atoms with Crippen LogP contribution in [-0.4, -0.2) is 34.6 Å². The fraction of sp³-hybridized carbons (Fsp3) is 0.562. The van der Waals surface area contributed by atoms with Gasteiger partial charge in [0.25, 0.3) is 0 Å². The number of aryl methyl sites for hydroxylation is 1. The first-order valence-corrected chi connectivity index (χ1v) is 7.54. The summed E-state index contributed by atoms with van der Waals surface area (Å²) in [6.07, 6.45) is 3.06. The van der Waals surface area contributed by atoms with E-state index in [9.17, 15) is 5.11 Å². The monoisotopic (exact) mass is 273 g/mol. The molecule has 1 saturated heterocycles. The first-order valence-electron chi connectivity index (χ1n) is 7.54. The molecular formula is C16H23N3O. The van der Waals surface area contributed by atoms with E-state index in [1.54, 1.807) is 0 Å². The second-order valence-electron chi connectivity index (χ2n) is 5.89. The molecule has 108 valence electrons. The Kier molecular flexibility index (Phi) is 3.76. The zero-order chi connectivity index (χ0) is 14.0. The van der Waals surface area contributed by atoms with Crippen molar-refractivity contribution in [2.24, 2.45) is 5.41 Å². The molecule has 1 atom stereocenters. The Bertz CT molecular complexity index is 584. The summed E-state index contributed by atoms with van der Waals surface area (Å²) in [7, 11) is 0. The summed E-state index contributed by atoms with van der Waals surface area (Å²) in [6, 6.07) is 8.40. The number of aliphatic hydroxyl groups excluding tert-OH is 1. The minimum Gasteiger partial charge on any atom is -0.396 e. The van der Waals surface area contributed by atoms with Crippen LogP contribution in [0.3, 0.4) is 0 Å². The third-order valence-electron chi connectivity index (χ3n) is 4.47. The number of para-hydroxylation sites is 1. The predicted molar refractivity (Wildman–Crippen MR) is 80.7 cm³/mol. The Balaban J connectivity index is 1.97. The van der Waals surface area contributed by atoms with Crippen molar-refractivity contribution >= 4 is 10.9 Å². The predicted octanol–water partition coefficient (Wildman–Crippen LogP) is 1.96. The molecule has 1 aliphatic rings. The van der Waals surface area contributed by atoms with Crippen LogP contribution in [0.25, 0.3) is 10.9 Å². The van der Waals surface area contributed by atoms with Crippen molar-refractivity contribution in [3.05, 3.63) is 30.0 Å². The number of aliphatic hydroxyl groups is 1. The highest BCUT2D eigenvalue weighted by Crippen LogP contribution is 2.32. The van der Waals surface area contributed by atoms with E-state index in [1.165, 1.54) is 10.9 Å². The number of hydrogen-bond donors (Lipinski definition) is 2. The summed E-state index contributed by atoms with van der Waals surface area (Å²) in [4.78, 5) is 0. The number of benzene rings is 1. The van der Waals surface area contributed by atoms with Gasteiger partial charge in [-0.05, 0) is 32.4 Å². The lowest BCUT2D eigenvalue weighted by Crippen LogP contribution is -2.44. The van der Waals surface area contributed by atoms with Crippen LogP contribution in [0.4, 0.5) is 0 Å². The van der Waals surface area contributed by atoms with Gasteiger partial charge in [-0.25, -0.2) is 0 Å². The van der Waals surface area contributed by atoms with Gasteiger partial charge in [0.05, 0.1) is 17.8 Å². The van der Waals surface area contributed by atoms with E-state index < -0.39 is 0 Å². The van der Waals surface area contributed by atoms with Gasteiger partial charge in [-0.3, -0.25) is 4.68 Å². The number of hydrogen-bond acceptors (Lipinski definition) is 3. The second-order valence-corrected chi connectivity index (χ2v) is 5.89. The number of piperidine rings is 1. The molecule has 0 amide bonds. The van der Waals surface area contributed by atoms with Crippen LogP contribution >= 0.6 is 0 Å². The highest BCUT2D eigenvalue weighted by molar-refractivity contribution is 5.82. The molecule has 3 rings (SSSR count). The maximum absolute atomic E-state index is 9.86. The van der Waals surface area contributed by atoms with Crippen molar-refractivity contribution < 1.29 is 5.11 Å². The highest BCUT2D eigenvalue weighted by Gasteiger charge is 2.33. The fourth-order valence-electron chi connectivity index (χ4n) is 3.30. The van der Waals surface area contributed by atoms with Crippen LogP contribution in [0.1, 0.15) is 25.5 Å². The van der Waals surface area contributed by atoms with Gasteiger partial charge in [-0.2, -0.15) is 5.10 Å². The van der Waals surface area contributed by atoms with Gasteiger partial charge < -0.3 is 10.4 Å².